The van der Waals surface area contributed by atoms with E-state index in [1.807, 2.05) is 0 Å². The zero-order valence-corrected chi connectivity index (χ0v) is 10.5. The summed E-state index contributed by atoms with van der Waals surface area (Å²) in [7, 11) is 0. The van der Waals surface area contributed by atoms with Crippen LogP contribution >= 0.6 is 0 Å². The maximum atomic E-state index is 12.1. The third-order valence-electron chi connectivity index (χ3n) is 2.43. The first kappa shape index (κ1) is 14.2. The van der Waals surface area contributed by atoms with E-state index < -0.39 is 5.97 Å². The first-order valence-corrected chi connectivity index (χ1v) is 5.70. The Kier molecular flexibility index (Phi) is 4.85. The van der Waals surface area contributed by atoms with Crippen molar-refractivity contribution < 1.29 is 14.7 Å². The number of carbonyl (C=O) groups is 2. The molecule has 7 nitrogen and oxygen atoms in total. The minimum Gasteiger partial charge on any atom is -0.480 e. The molecule has 0 radical (unpaired) electrons. The Balaban J connectivity index is 2.84. The second-order valence-electron chi connectivity index (χ2n) is 4.21. The van der Waals surface area contributed by atoms with Crippen LogP contribution in [0.25, 0.3) is 0 Å². The van der Waals surface area contributed by atoms with Crippen LogP contribution < -0.4 is 5.73 Å². The maximum absolute atomic E-state index is 12.1. The number of rotatable bonds is 6. The average molecular weight is 254 g/mol. The van der Waals surface area contributed by atoms with Crippen molar-refractivity contribution in [3.8, 4) is 0 Å². The Labute approximate surface area is 105 Å². The Morgan fingerprint density at radius 2 is 2.22 bits per heavy atom. The highest BCUT2D eigenvalue weighted by molar-refractivity contribution is 5.94. The summed E-state index contributed by atoms with van der Waals surface area (Å²) in [6.45, 7) is 4.21. The average Bonchev–Trinajstić information content (AvgIpc) is 2.73. The third-order valence-corrected chi connectivity index (χ3v) is 2.43. The molecule has 1 aromatic heterocycles. The summed E-state index contributed by atoms with van der Waals surface area (Å²) in [6.07, 6.45) is 3.09. The van der Waals surface area contributed by atoms with Gasteiger partial charge in [0.1, 0.15) is 12.2 Å². The number of carboxylic acids is 1. The molecule has 1 heterocycles. The van der Waals surface area contributed by atoms with Gasteiger partial charge in [0.2, 0.25) is 0 Å². The molecule has 0 bridgehead atoms. The molecule has 0 aliphatic heterocycles. The number of carbonyl (C=O) groups excluding carboxylic acids is 1. The van der Waals surface area contributed by atoms with Gasteiger partial charge in [0, 0.05) is 25.3 Å². The number of carboxylic acid groups (broad SMARTS) is 1. The number of aliphatic carboxylic acids is 1. The van der Waals surface area contributed by atoms with Crippen LogP contribution in [0.4, 0.5) is 0 Å². The van der Waals surface area contributed by atoms with Crippen molar-refractivity contribution in [2.24, 2.45) is 5.73 Å². The Morgan fingerprint density at radius 1 is 1.56 bits per heavy atom. The predicted molar refractivity (Wildman–Crippen MR) is 65.1 cm³/mol. The normalized spacial score (nSPS) is 10.7. The van der Waals surface area contributed by atoms with Crippen molar-refractivity contribution in [2.75, 3.05) is 13.1 Å². The highest BCUT2D eigenvalue weighted by Gasteiger charge is 2.22. The summed E-state index contributed by atoms with van der Waals surface area (Å²) in [5.74, 6) is -1.43. The Hall–Kier alpha value is -1.89. The lowest BCUT2D eigenvalue weighted by Gasteiger charge is -2.23. The molecule has 1 aromatic rings. The van der Waals surface area contributed by atoms with Gasteiger partial charge < -0.3 is 20.3 Å². The lowest BCUT2D eigenvalue weighted by Crippen LogP contribution is -2.40. The summed E-state index contributed by atoms with van der Waals surface area (Å²) in [5, 5.41) is 8.78. The van der Waals surface area contributed by atoms with E-state index in [1.54, 1.807) is 24.6 Å². The molecule has 0 unspecified atom stereocenters. The molecular weight excluding hydrogens is 236 g/mol. The number of hydrogen-bond donors (Lipinski definition) is 2. The number of nitrogens with zero attached hydrogens (tertiary/aromatic N) is 3. The summed E-state index contributed by atoms with van der Waals surface area (Å²) >= 11 is 0. The lowest BCUT2D eigenvalue weighted by atomic mass is 10.3. The third kappa shape index (κ3) is 3.56. The minimum absolute atomic E-state index is 0.201. The van der Waals surface area contributed by atoms with Crippen LogP contribution in [0.15, 0.2) is 12.5 Å². The quantitative estimate of drug-likeness (QED) is 0.730. The summed E-state index contributed by atoms with van der Waals surface area (Å²) in [5.41, 5.74) is 5.63. The molecule has 0 atom stereocenters. The number of aromatic nitrogens is 2. The van der Waals surface area contributed by atoms with Crippen molar-refractivity contribution in [3.05, 3.63) is 18.2 Å². The van der Waals surface area contributed by atoms with E-state index in [2.05, 4.69) is 4.98 Å². The van der Waals surface area contributed by atoms with Gasteiger partial charge in [-0.05, 0) is 13.8 Å². The highest BCUT2D eigenvalue weighted by atomic mass is 16.4. The standard InChI is InChI=1S/C11H18N4O3/c1-8(2)15(6-10(16)17)11(18)9-5-14(4-3-12)7-13-9/h5,7-8H,3-4,6,12H2,1-2H3,(H,16,17). The van der Waals surface area contributed by atoms with Gasteiger partial charge in [-0.2, -0.15) is 0 Å². The van der Waals surface area contributed by atoms with E-state index in [0.717, 1.165) is 0 Å². The van der Waals surface area contributed by atoms with Crippen molar-refractivity contribution in [2.45, 2.75) is 26.4 Å². The van der Waals surface area contributed by atoms with Crippen LogP contribution in [-0.4, -0.2) is 50.6 Å². The molecule has 0 aromatic carbocycles. The van der Waals surface area contributed by atoms with Gasteiger partial charge in [0.05, 0.1) is 6.33 Å². The van der Waals surface area contributed by atoms with Crippen LogP contribution in [0.5, 0.6) is 0 Å². The van der Waals surface area contributed by atoms with Crippen LogP contribution in [0.1, 0.15) is 24.3 Å². The largest absolute Gasteiger partial charge is 0.480 e. The van der Waals surface area contributed by atoms with E-state index in [9.17, 15) is 9.59 Å². The number of imidazole rings is 1. The predicted octanol–water partition coefficient (Wildman–Crippen LogP) is -0.223. The molecule has 0 spiro atoms. The van der Waals surface area contributed by atoms with Crippen LogP contribution in [-0.2, 0) is 11.3 Å². The second kappa shape index (κ2) is 6.15. The smallest absolute Gasteiger partial charge is 0.323 e. The molecule has 0 saturated heterocycles. The molecule has 3 N–H and O–H groups in total. The summed E-state index contributed by atoms with van der Waals surface area (Å²) in [6, 6.07) is -0.201. The number of hydrogen-bond acceptors (Lipinski definition) is 4. The molecule has 18 heavy (non-hydrogen) atoms. The molecule has 0 aliphatic rings. The van der Waals surface area contributed by atoms with Gasteiger partial charge in [0.25, 0.3) is 5.91 Å². The Morgan fingerprint density at radius 3 is 2.72 bits per heavy atom. The summed E-state index contributed by atoms with van der Waals surface area (Å²) < 4.78 is 1.70. The fourth-order valence-corrected chi connectivity index (χ4v) is 1.52. The molecule has 1 amide bonds. The van der Waals surface area contributed by atoms with Crippen molar-refractivity contribution in [3.63, 3.8) is 0 Å². The maximum Gasteiger partial charge on any atom is 0.323 e. The van der Waals surface area contributed by atoms with E-state index in [-0.39, 0.29) is 24.2 Å². The van der Waals surface area contributed by atoms with Crippen LogP contribution in [0.3, 0.4) is 0 Å². The van der Waals surface area contributed by atoms with E-state index in [0.29, 0.717) is 13.1 Å². The van der Waals surface area contributed by atoms with E-state index >= 15 is 0 Å². The highest BCUT2D eigenvalue weighted by Crippen LogP contribution is 2.06. The van der Waals surface area contributed by atoms with Crippen LogP contribution in [0, 0.1) is 0 Å². The topological polar surface area (TPSA) is 101 Å². The molecular formula is C11H18N4O3. The molecule has 7 heteroatoms. The van der Waals surface area contributed by atoms with Gasteiger partial charge >= 0.3 is 5.97 Å². The second-order valence-corrected chi connectivity index (χ2v) is 4.21. The van der Waals surface area contributed by atoms with Gasteiger partial charge in [-0.1, -0.05) is 0 Å². The molecule has 0 fully saturated rings. The van der Waals surface area contributed by atoms with Crippen molar-refractivity contribution in [1.29, 1.82) is 0 Å². The Bertz CT molecular complexity index is 428. The number of nitrogens with two attached hydrogens (primary N) is 1. The van der Waals surface area contributed by atoms with E-state index in [4.69, 9.17) is 10.8 Å². The van der Waals surface area contributed by atoms with Crippen molar-refractivity contribution >= 4 is 11.9 Å². The SMILES string of the molecule is CC(C)N(CC(=O)O)C(=O)c1cn(CCN)cn1. The first-order chi connectivity index (χ1) is 8.45. The lowest BCUT2D eigenvalue weighted by molar-refractivity contribution is -0.138. The van der Waals surface area contributed by atoms with Gasteiger partial charge in [0.15, 0.2) is 0 Å². The van der Waals surface area contributed by atoms with E-state index in [1.165, 1.54) is 11.2 Å². The van der Waals surface area contributed by atoms with Gasteiger partial charge in [-0.15, -0.1) is 0 Å². The molecule has 0 saturated carbocycles. The van der Waals surface area contributed by atoms with Gasteiger partial charge in [-0.3, -0.25) is 9.59 Å². The summed E-state index contributed by atoms with van der Waals surface area (Å²) in [4.78, 5) is 28.0. The van der Waals surface area contributed by atoms with Crippen molar-refractivity contribution in [1.82, 2.24) is 14.5 Å². The molecule has 100 valence electrons. The minimum atomic E-state index is -1.04. The first-order valence-electron chi connectivity index (χ1n) is 5.70. The monoisotopic (exact) mass is 254 g/mol. The van der Waals surface area contributed by atoms with Crippen LogP contribution in [0.2, 0.25) is 0 Å². The zero-order valence-electron chi connectivity index (χ0n) is 10.5. The molecule has 1 rings (SSSR count). The number of amides is 1. The zero-order chi connectivity index (χ0) is 13.7. The fourth-order valence-electron chi connectivity index (χ4n) is 1.52. The molecule has 0 aliphatic carbocycles. The fraction of sp³-hybridized carbons (Fsp3) is 0.545. The van der Waals surface area contributed by atoms with Gasteiger partial charge in [-0.25, -0.2) is 4.98 Å².